The van der Waals surface area contributed by atoms with Crippen molar-refractivity contribution in [2.24, 2.45) is 0 Å². The van der Waals surface area contributed by atoms with Gasteiger partial charge >= 0.3 is 13.8 Å². The molecule has 1 rings (SSSR count). The van der Waals surface area contributed by atoms with E-state index in [9.17, 15) is 39.8 Å². The van der Waals surface area contributed by atoms with Gasteiger partial charge in [0.25, 0.3) is 0 Å². The lowest BCUT2D eigenvalue weighted by Gasteiger charge is -2.41. The van der Waals surface area contributed by atoms with Gasteiger partial charge in [0.15, 0.2) is 0 Å². The van der Waals surface area contributed by atoms with Crippen LogP contribution in [0.1, 0.15) is 136 Å². The van der Waals surface area contributed by atoms with Crippen molar-refractivity contribution in [3.05, 3.63) is 85.1 Å². The van der Waals surface area contributed by atoms with Gasteiger partial charge in [-0.1, -0.05) is 137 Å². The molecule has 0 aromatic carbocycles. The van der Waals surface area contributed by atoms with Crippen LogP contribution in [0.25, 0.3) is 0 Å². The topological polar surface area (TPSA) is 192 Å². The molecule has 13 heteroatoms. The Balaban J connectivity index is 2.50. The van der Waals surface area contributed by atoms with Gasteiger partial charge in [-0.25, -0.2) is 4.57 Å². The Bertz CT molecular complexity index is 1290. The number of aliphatic hydroxyl groups is 5. The summed E-state index contributed by atoms with van der Waals surface area (Å²) in [6.07, 6.45) is 35.3. The Kier molecular flexibility index (Phi) is 33.5. The van der Waals surface area contributed by atoms with E-state index in [1.165, 1.54) is 25.7 Å². The van der Waals surface area contributed by atoms with Gasteiger partial charge in [-0.3, -0.25) is 13.8 Å². The molecule has 6 unspecified atom stereocenters. The Morgan fingerprint density at radius 2 is 1.00 bits per heavy atom. The fourth-order valence-electron chi connectivity index (χ4n) is 6.04. The number of allylic oxidation sites excluding steroid dienone is 13. The molecule has 338 valence electrons. The molecule has 59 heavy (non-hydrogen) atoms. The predicted molar refractivity (Wildman–Crippen MR) is 234 cm³/mol. The summed E-state index contributed by atoms with van der Waals surface area (Å²) in [5.74, 6) is -0.520. The number of hydrogen-bond donors (Lipinski definition) is 6. The van der Waals surface area contributed by atoms with Gasteiger partial charge in [0.2, 0.25) is 0 Å². The first-order valence-electron chi connectivity index (χ1n) is 21.9. The van der Waals surface area contributed by atoms with Gasteiger partial charge in [0, 0.05) is 6.42 Å². The number of unbranched alkanes of at least 4 members (excludes halogenated alkanes) is 9. The minimum absolute atomic E-state index is 0.142. The zero-order chi connectivity index (χ0) is 43.4. The smallest absolute Gasteiger partial charge is 0.457 e. The quantitative estimate of drug-likeness (QED) is 0.0154. The van der Waals surface area contributed by atoms with Crippen molar-refractivity contribution < 1.29 is 58.3 Å². The number of phosphoric acid groups is 1. The number of aliphatic hydroxyl groups excluding tert-OH is 5. The number of carbonyl (C=O) groups excluding carboxylic acids is 1. The van der Waals surface area contributed by atoms with Crippen LogP contribution < -0.4 is 0 Å². The average Bonchev–Trinajstić information content (AvgIpc) is 3.22. The molecular formula is C46H77O12P. The first-order chi connectivity index (χ1) is 28.5. The number of hydrogen-bond acceptors (Lipinski definition) is 11. The van der Waals surface area contributed by atoms with Crippen LogP contribution in [0.2, 0.25) is 0 Å². The summed E-state index contributed by atoms with van der Waals surface area (Å²) >= 11 is 0. The van der Waals surface area contributed by atoms with Crippen molar-refractivity contribution >= 4 is 13.8 Å². The molecule has 0 bridgehead atoms. The van der Waals surface area contributed by atoms with Crippen molar-refractivity contribution in [1.82, 2.24) is 0 Å². The van der Waals surface area contributed by atoms with Crippen LogP contribution in [0.3, 0.4) is 0 Å². The van der Waals surface area contributed by atoms with Crippen LogP contribution in [0, 0.1) is 0 Å². The van der Waals surface area contributed by atoms with E-state index in [1.54, 1.807) is 0 Å². The van der Waals surface area contributed by atoms with Crippen molar-refractivity contribution in [3.63, 3.8) is 0 Å². The minimum atomic E-state index is -5.04. The lowest BCUT2D eigenvalue weighted by Crippen LogP contribution is -2.64. The largest absolute Gasteiger partial charge is 0.472 e. The molecule has 0 amide bonds. The van der Waals surface area contributed by atoms with Gasteiger partial charge in [0.1, 0.15) is 42.7 Å². The van der Waals surface area contributed by atoms with Crippen LogP contribution in [-0.2, 0) is 27.9 Å². The minimum Gasteiger partial charge on any atom is -0.457 e. The van der Waals surface area contributed by atoms with Crippen molar-refractivity contribution in [3.8, 4) is 0 Å². The molecule has 1 aliphatic carbocycles. The summed E-state index contributed by atoms with van der Waals surface area (Å²) in [6.45, 7) is 3.87. The van der Waals surface area contributed by atoms with Crippen LogP contribution in [0.5, 0.6) is 0 Å². The highest BCUT2D eigenvalue weighted by Crippen LogP contribution is 2.47. The maximum atomic E-state index is 12.8. The number of ether oxygens (including phenoxy) is 2. The number of rotatable bonds is 35. The fraction of sp³-hybridized carbons (Fsp3) is 0.674. The third-order valence-electron chi connectivity index (χ3n) is 9.52. The van der Waals surface area contributed by atoms with Gasteiger partial charge in [-0.2, -0.15) is 0 Å². The van der Waals surface area contributed by atoms with Crippen LogP contribution in [0.15, 0.2) is 85.1 Å². The van der Waals surface area contributed by atoms with E-state index in [0.717, 1.165) is 77.0 Å². The second-order valence-corrected chi connectivity index (χ2v) is 16.2. The maximum Gasteiger partial charge on any atom is 0.472 e. The molecule has 1 fully saturated rings. The lowest BCUT2D eigenvalue weighted by atomic mass is 9.85. The summed E-state index contributed by atoms with van der Waals surface area (Å²) < 4.78 is 34.0. The maximum absolute atomic E-state index is 12.8. The summed E-state index contributed by atoms with van der Waals surface area (Å²) in [7, 11) is -5.04. The second-order valence-electron chi connectivity index (χ2n) is 14.8. The van der Waals surface area contributed by atoms with Crippen molar-refractivity contribution in [1.29, 1.82) is 0 Å². The molecule has 0 heterocycles. The van der Waals surface area contributed by atoms with Crippen molar-refractivity contribution in [2.75, 3.05) is 19.8 Å². The zero-order valence-electron chi connectivity index (χ0n) is 35.8. The molecule has 6 N–H and O–H groups in total. The van der Waals surface area contributed by atoms with E-state index in [4.69, 9.17) is 18.5 Å². The Morgan fingerprint density at radius 1 is 0.559 bits per heavy atom. The molecular weight excluding hydrogens is 775 g/mol. The van der Waals surface area contributed by atoms with Crippen LogP contribution in [-0.4, -0.2) is 98.9 Å². The van der Waals surface area contributed by atoms with Crippen LogP contribution in [0.4, 0.5) is 0 Å². The normalized spacial score (nSPS) is 23.3. The number of carbonyl (C=O) groups is 1. The highest BCUT2D eigenvalue weighted by Gasteiger charge is 2.51. The highest BCUT2D eigenvalue weighted by atomic mass is 31.2. The number of esters is 1. The molecule has 0 radical (unpaired) electrons. The molecule has 0 aromatic heterocycles. The molecule has 0 aromatic rings. The Hall–Kier alpha value is -2.48. The standard InChI is InChI=1S/C46H77O12P/c1-3-5-7-9-11-13-15-17-19-21-23-25-27-29-31-33-35-40(47)57-39(38-56-59(53,54)58-46-44(51)42(49)41(48)43(50)45(46)52)37-55-36-34-32-30-28-26-24-22-20-18-16-14-12-10-8-6-4-2/h6,8,12-15,18-21,24,26,30,32,39,41-46,48-52H,3-5,7,9-11,16-17,22-23,25,27-29,31,33-38H2,1-2H3,(H,53,54)/b8-6-,14-12-,15-13-,20-18-,21-19-,26-24-,32-30-. The predicted octanol–water partition coefficient (Wildman–Crippen LogP) is 8.58. The van der Waals surface area contributed by atoms with Crippen LogP contribution >= 0.6 is 7.82 Å². The third-order valence-corrected chi connectivity index (χ3v) is 10.5. The Morgan fingerprint density at radius 3 is 1.53 bits per heavy atom. The molecule has 1 saturated carbocycles. The summed E-state index contributed by atoms with van der Waals surface area (Å²) in [6, 6.07) is 0. The number of phosphoric ester groups is 1. The van der Waals surface area contributed by atoms with E-state index >= 15 is 0 Å². The fourth-order valence-corrected chi connectivity index (χ4v) is 7.01. The molecule has 12 nitrogen and oxygen atoms in total. The average molecular weight is 853 g/mol. The summed E-state index contributed by atoms with van der Waals surface area (Å²) in [4.78, 5) is 23.1. The third kappa shape index (κ3) is 28.6. The Labute approximate surface area is 354 Å². The summed E-state index contributed by atoms with van der Waals surface area (Å²) in [5.41, 5.74) is 0. The molecule has 0 saturated heterocycles. The second kappa shape index (κ2) is 36.2. The monoisotopic (exact) mass is 853 g/mol. The van der Waals surface area contributed by atoms with E-state index in [1.807, 2.05) is 12.2 Å². The van der Waals surface area contributed by atoms with Gasteiger partial charge in [0.05, 0.1) is 19.8 Å². The molecule has 1 aliphatic rings. The van der Waals surface area contributed by atoms with E-state index in [-0.39, 0.29) is 19.6 Å². The SMILES string of the molecule is CC/C=C\C/C=C\C/C=C\C/C=C\C/C=C\CCOCC(COP(=O)(O)OC1C(O)C(O)C(O)C(O)C1O)OC(=O)CCCCCCC/C=C\C/C=C\CCCCCC. The van der Waals surface area contributed by atoms with E-state index < -0.39 is 63.1 Å². The van der Waals surface area contributed by atoms with Gasteiger partial charge in [-0.05, 0) is 77.0 Å². The zero-order valence-corrected chi connectivity index (χ0v) is 36.7. The molecule has 6 atom stereocenters. The first kappa shape index (κ1) is 54.5. The highest BCUT2D eigenvalue weighted by molar-refractivity contribution is 7.47. The first-order valence-corrected chi connectivity index (χ1v) is 23.4. The summed E-state index contributed by atoms with van der Waals surface area (Å²) in [5, 5.41) is 50.1. The van der Waals surface area contributed by atoms with Crippen molar-refractivity contribution in [2.45, 2.75) is 179 Å². The van der Waals surface area contributed by atoms with Gasteiger partial charge < -0.3 is 39.9 Å². The molecule has 0 spiro atoms. The molecule has 0 aliphatic heterocycles. The van der Waals surface area contributed by atoms with Gasteiger partial charge in [-0.15, -0.1) is 0 Å². The lowest BCUT2D eigenvalue weighted by molar-refractivity contribution is -0.220. The van der Waals surface area contributed by atoms with E-state index in [2.05, 4.69) is 86.8 Å². The van der Waals surface area contributed by atoms with E-state index in [0.29, 0.717) is 12.8 Å².